The highest BCUT2D eigenvalue weighted by atomic mass is 16.5. The van der Waals surface area contributed by atoms with Crippen LogP contribution in [-0.2, 0) is 6.42 Å². The van der Waals surface area contributed by atoms with Crippen LogP contribution in [0.1, 0.15) is 17.9 Å². The van der Waals surface area contributed by atoms with Crippen molar-refractivity contribution in [2.45, 2.75) is 19.8 Å². The number of hydrogen-bond donors (Lipinski definition) is 1. The first kappa shape index (κ1) is 10.8. The van der Waals surface area contributed by atoms with Gasteiger partial charge in [0.15, 0.2) is 0 Å². The highest BCUT2D eigenvalue weighted by Crippen LogP contribution is 2.14. The van der Waals surface area contributed by atoms with Crippen molar-refractivity contribution < 1.29 is 4.52 Å². The average Bonchev–Trinajstić information content (AvgIpc) is 2.75. The quantitative estimate of drug-likeness (QED) is 0.837. The third kappa shape index (κ3) is 2.43. The van der Waals surface area contributed by atoms with E-state index in [1.807, 2.05) is 19.1 Å². The van der Waals surface area contributed by atoms with Crippen molar-refractivity contribution in [3.05, 3.63) is 29.8 Å². The molecule has 5 heteroatoms. The number of nitrogens with two attached hydrogens (primary N) is 1. The summed E-state index contributed by atoms with van der Waals surface area (Å²) < 4.78 is 5.10. The van der Waals surface area contributed by atoms with E-state index in [0.29, 0.717) is 18.3 Å². The van der Waals surface area contributed by atoms with Crippen LogP contribution in [0.15, 0.2) is 22.9 Å². The van der Waals surface area contributed by atoms with E-state index in [1.165, 1.54) is 0 Å². The molecule has 0 aromatic carbocycles. The fraction of sp³-hybridized carbons (Fsp3) is 0.364. The van der Waals surface area contributed by atoms with Crippen LogP contribution in [0.2, 0.25) is 0 Å². The Kier molecular flexibility index (Phi) is 3.26. The molecule has 0 bridgehead atoms. The zero-order valence-electron chi connectivity index (χ0n) is 9.18. The summed E-state index contributed by atoms with van der Waals surface area (Å²) in [5.41, 5.74) is 7.27. The van der Waals surface area contributed by atoms with Crippen LogP contribution in [0, 0.1) is 6.92 Å². The topological polar surface area (TPSA) is 77.8 Å². The van der Waals surface area contributed by atoms with Crippen molar-refractivity contribution in [2.75, 3.05) is 6.54 Å². The lowest BCUT2D eigenvalue weighted by molar-refractivity contribution is 0.376. The maximum absolute atomic E-state index is 5.41. The van der Waals surface area contributed by atoms with E-state index in [4.69, 9.17) is 10.3 Å². The van der Waals surface area contributed by atoms with E-state index in [2.05, 4.69) is 15.1 Å². The normalized spacial score (nSPS) is 10.6. The molecule has 16 heavy (non-hydrogen) atoms. The zero-order chi connectivity index (χ0) is 11.4. The number of aryl methyl sites for hydroxylation is 2. The first-order valence-electron chi connectivity index (χ1n) is 5.25. The van der Waals surface area contributed by atoms with Gasteiger partial charge in [0.25, 0.3) is 0 Å². The molecule has 0 aliphatic carbocycles. The first-order valence-corrected chi connectivity index (χ1v) is 5.25. The lowest BCUT2D eigenvalue weighted by Gasteiger charge is -1.94. The Labute approximate surface area is 93.7 Å². The summed E-state index contributed by atoms with van der Waals surface area (Å²) in [6.45, 7) is 2.63. The Morgan fingerprint density at radius 2 is 2.31 bits per heavy atom. The average molecular weight is 218 g/mol. The van der Waals surface area contributed by atoms with Gasteiger partial charge in [0.1, 0.15) is 5.69 Å². The molecule has 0 atom stereocenters. The molecular formula is C11H14N4O. The van der Waals surface area contributed by atoms with Crippen molar-refractivity contribution in [1.82, 2.24) is 15.1 Å². The maximum Gasteiger partial charge on any atom is 0.227 e. The highest BCUT2D eigenvalue weighted by molar-refractivity contribution is 5.48. The van der Waals surface area contributed by atoms with E-state index in [1.54, 1.807) is 6.20 Å². The Morgan fingerprint density at radius 1 is 1.44 bits per heavy atom. The smallest absolute Gasteiger partial charge is 0.227 e. The standard InChI is InChI=1S/C11H14N4O/c1-8-4-6-13-9(7-8)11-14-10(16-15-11)3-2-5-12/h4,6-7H,2-3,5,12H2,1H3. The van der Waals surface area contributed by atoms with Gasteiger partial charge in [-0.25, -0.2) is 0 Å². The van der Waals surface area contributed by atoms with Gasteiger partial charge in [0.05, 0.1) is 0 Å². The van der Waals surface area contributed by atoms with Crippen LogP contribution in [-0.4, -0.2) is 21.7 Å². The SMILES string of the molecule is Cc1ccnc(-c2noc(CCCN)n2)c1. The second-order valence-electron chi connectivity index (χ2n) is 3.62. The largest absolute Gasteiger partial charge is 0.339 e. The molecule has 0 aliphatic heterocycles. The van der Waals surface area contributed by atoms with E-state index in [-0.39, 0.29) is 0 Å². The van der Waals surface area contributed by atoms with Crippen LogP contribution < -0.4 is 5.73 Å². The van der Waals surface area contributed by atoms with Crippen LogP contribution in [0.5, 0.6) is 0 Å². The van der Waals surface area contributed by atoms with Crippen LogP contribution >= 0.6 is 0 Å². The lowest BCUT2D eigenvalue weighted by atomic mass is 10.2. The van der Waals surface area contributed by atoms with Gasteiger partial charge in [-0.1, -0.05) is 5.16 Å². The number of pyridine rings is 1. The van der Waals surface area contributed by atoms with E-state index in [0.717, 1.165) is 24.1 Å². The summed E-state index contributed by atoms with van der Waals surface area (Å²) in [7, 11) is 0. The molecule has 0 fully saturated rings. The first-order chi connectivity index (χ1) is 7.79. The van der Waals surface area contributed by atoms with Crippen molar-refractivity contribution in [2.24, 2.45) is 5.73 Å². The second-order valence-corrected chi connectivity index (χ2v) is 3.62. The van der Waals surface area contributed by atoms with Gasteiger partial charge in [0.2, 0.25) is 11.7 Å². The predicted octanol–water partition coefficient (Wildman–Crippen LogP) is 1.33. The third-order valence-corrected chi connectivity index (χ3v) is 2.21. The van der Waals surface area contributed by atoms with E-state index < -0.39 is 0 Å². The molecule has 0 spiro atoms. The fourth-order valence-electron chi connectivity index (χ4n) is 1.37. The van der Waals surface area contributed by atoms with Gasteiger partial charge < -0.3 is 10.3 Å². The Bertz CT molecular complexity index is 467. The van der Waals surface area contributed by atoms with Gasteiger partial charge in [-0.3, -0.25) is 4.98 Å². The molecule has 5 nitrogen and oxygen atoms in total. The molecule has 0 amide bonds. The van der Waals surface area contributed by atoms with Crippen molar-refractivity contribution in [3.8, 4) is 11.5 Å². The molecule has 0 aliphatic rings. The molecule has 2 N–H and O–H groups in total. The second kappa shape index (κ2) is 4.85. The summed E-state index contributed by atoms with van der Waals surface area (Å²) in [4.78, 5) is 8.46. The van der Waals surface area contributed by atoms with Crippen molar-refractivity contribution in [3.63, 3.8) is 0 Å². The minimum atomic E-state index is 0.538. The molecule has 2 rings (SSSR count). The van der Waals surface area contributed by atoms with Gasteiger partial charge in [0, 0.05) is 12.6 Å². The highest BCUT2D eigenvalue weighted by Gasteiger charge is 2.09. The minimum Gasteiger partial charge on any atom is -0.339 e. The summed E-state index contributed by atoms with van der Waals surface area (Å²) in [5.74, 6) is 1.15. The minimum absolute atomic E-state index is 0.538. The summed E-state index contributed by atoms with van der Waals surface area (Å²) in [6.07, 6.45) is 3.30. The molecular weight excluding hydrogens is 204 g/mol. The van der Waals surface area contributed by atoms with Gasteiger partial charge in [-0.15, -0.1) is 0 Å². The van der Waals surface area contributed by atoms with Crippen LogP contribution in [0.4, 0.5) is 0 Å². The number of hydrogen-bond acceptors (Lipinski definition) is 5. The van der Waals surface area contributed by atoms with Crippen molar-refractivity contribution >= 4 is 0 Å². The summed E-state index contributed by atoms with van der Waals surface area (Å²) in [5, 5.41) is 3.89. The lowest BCUT2D eigenvalue weighted by Crippen LogP contribution is -2.00. The van der Waals surface area contributed by atoms with Crippen LogP contribution in [0.25, 0.3) is 11.5 Å². The van der Waals surface area contributed by atoms with Crippen LogP contribution in [0.3, 0.4) is 0 Å². The number of aromatic nitrogens is 3. The van der Waals surface area contributed by atoms with Crippen molar-refractivity contribution in [1.29, 1.82) is 0 Å². The van der Waals surface area contributed by atoms with E-state index >= 15 is 0 Å². The molecule has 0 saturated heterocycles. The van der Waals surface area contributed by atoms with Gasteiger partial charge in [-0.05, 0) is 37.6 Å². The summed E-state index contributed by atoms with van der Waals surface area (Å²) >= 11 is 0. The molecule has 2 heterocycles. The molecule has 0 saturated carbocycles. The zero-order valence-corrected chi connectivity index (χ0v) is 9.18. The maximum atomic E-state index is 5.41. The fourth-order valence-corrected chi connectivity index (χ4v) is 1.37. The molecule has 84 valence electrons. The third-order valence-electron chi connectivity index (χ3n) is 2.21. The molecule has 0 radical (unpaired) electrons. The Hall–Kier alpha value is -1.75. The molecule has 2 aromatic rings. The number of rotatable bonds is 4. The van der Waals surface area contributed by atoms with Gasteiger partial charge in [-0.2, -0.15) is 4.98 Å². The molecule has 0 unspecified atom stereocenters. The predicted molar refractivity (Wildman–Crippen MR) is 59.6 cm³/mol. The Balaban J connectivity index is 2.18. The Morgan fingerprint density at radius 3 is 3.06 bits per heavy atom. The van der Waals surface area contributed by atoms with Gasteiger partial charge >= 0.3 is 0 Å². The number of nitrogens with zero attached hydrogens (tertiary/aromatic N) is 3. The van der Waals surface area contributed by atoms with E-state index in [9.17, 15) is 0 Å². The summed E-state index contributed by atoms with van der Waals surface area (Å²) in [6, 6.07) is 3.86. The monoisotopic (exact) mass is 218 g/mol. The molecule has 2 aromatic heterocycles.